The van der Waals surface area contributed by atoms with Crippen molar-refractivity contribution < 1.29 is 0 Å². The second-order valence-corrected chi connectivity index (χ2v) is 6.28. The summed E-state index contributed by atoms with van der Waals surface area (Å²) in [5.74, 6) is 0.935. The van der Waals surface area contributed by atoms with E-state index >= 15 is 0 Å². The second-order valence-electron chi connectivity index (χ2n) is 5.87. The Balaban J connectivity index is 2.18. The Morgan fingerprint density at radius 3 is 2.89 bits per heavy atom. The summed E-state index contributed by atoms with van der Waals surface area (Å²) < 4.78 is 0. The molecule has 4 heteroatoms. The molecule has 18 heavy (non-hydrogen) atoms. The molecule has 0 unspecified atom stereocenters. The van der Waals surface area contributed by atoms with Crippen molar-refractivity contribution in [3.63, 3.8) is 0 Å². The third-order valence-corrected chi connectivity index (χ3v) is 3.74. The van der Waals surface area contributed by atoms with Gasteiger partial charge in [-0.05, 0) is 36.9 Å². The average Bonchev–Trinajstić information content (AvgIpc) is 2.28. The third-order valence-electron chi connectivity index (χ3n) is 3.46. The minimum absolute atomic E-state index is 0.354. The average molecular weight is 268 g/mol. The molecule has 3 nitrogen and oxygen atoms in total. The number of halogens is 1. The molecular formula is C14H22ClN3. The molecule has 2 rings (SSSR count). The van der Waals surface area contributed by atoms with Gasteiger partial charge in [-0.15, -0.1) is 0 Å². The topological polar surface area (TPSA) is 28.2 Å². The molecule has 0 aliphatic carbocycles. The molecule has 0 aromatic carbocycles. The molecule has 0 bridgehead atoms. The Kier molecular flexibility index (Phi) is 4.13. The van der Waals surface area contributed by atoms with Crippen molar-refractivity contribution >= 4 is 17.4 Å². The molecule has 1 N–H and O–H groups in total. The molecule has 100 valence electrons. The predicted octanol–water partition coefficient (Wildman–Crippen LogP) is 3.08. The Hall–Kier alpha value is -0.800. The number of nitrogens with one attached hydrogen (secondary N) is 1. The normalized spacial score (nSPS) is 19.0. The van der Waals surface area contributed by atoms with Crippen LogP contribution >= 0.6 is 11.6 Å². The van der Waals surface area contributed by atoms with Crippen molar-refractivity contribution in [2.24, 2.45) is 5.41 Å². The molecule has 0 radical (unpaired) electrons. The number of anilines is 1. The summed E-state index contributed by atoms with van der Waals surface area (Å²) in [5, 5.41) is 3.88. The first-order valence-electron chi connectivity index (χ1n) is 6.56. The van der Waals surface area contributed by atoms with Crippen molar-refractivity contribution in [2.45, 2.75) is 33.2 Å². The molecular weight excluding hydrogens is 246 g/mol. The molecule has 2 heterocycles. The Labute approximate surface area is 115 Å². The van der Waals surface area contributed by atoms with Crippen LogP contribution in [-0.4, -0.2) is 25.1 Å². The van der Waals surface area contributed by atoms with Crippen molar-refractivity contribution in [1.29, 1.82) is 0 Å². The van der Waals surface area contributed by atoms with Gasteiger partial charge >= 0.3 is 0 Å². The van der Waals surface area contributed by atoms with Gasteiger partial charge in [0.2, 0.25) is 0 Å². The highest BCUT2D eigenvalue weighted by molar-refractivity contribution is 6.33. The van der Waals surface area contributed by atoms with Gasteiger partial charge in [0.25, 0.3) is 0 Å². The van der Waals surface area contributed by atoms with Gasteiger partial charge in [0.15, 0.2) is 0 Å². The van der Waals surface area contributed by atoms with E-state index in [0.717, 1.165) is 36.0 Å². The monoisotopic (exact) mass is 267 g/mol. The molecule has 0 amide bonds. The van der Waals surface area contributed by atoms with E-state index in [-0.39, 0.29) is 0 Å². The Morgan fingerprint density at radius 2 is 2.28 bits per heavy atom. The van der Waals surface area contributed by atoms with E-state index in [1.165, 1.54) is 12.8 Å². The van der Waals surface area contributed by atoms with Crippen molar-refractivity contribution in [2.75, 3.05) is 25.0 Å². The lowest BCUT2D eigenvalue weighted by Crippen LogP contribution is -2.40. The highest BCUT2D eigenvalue weighted by Gasteiger charge is 2.28. The molecule has 1 saturated heterocycles. The largest absolute Gasteiger partial charge is 0.355 e. The third kappa shape index (κ3) is 3.15. The first-order valence-corrected chi connectivity index (χ1v) is 6.94. The molecule has 1 aromatic heterocycles. The highest BCUT2D eigenvalue weighted by atomic mass is 35.5. The molecule has 0 saturated carbocycles. The van der Waals surface area contributed by atoms with Crippen LogP contribution < -0.4 is 10.2 Å². The number of nitrogens with zero attached hydrogens (tertiary/aromatic N) is 2. The summed E-state index contributed by atoms with van der Waals surface area (Å²) in [6.45, 7) is 7.51. The van der Waals surface area contributed by atoms with E-state index < -0.39 is 0 Å². The van der Waals surface area contributed by atoms with Gasteiger partial charge in [-0.1, -0.05) is 25.4 Å². The summed E-state index contributed by atoms with van der Waals surface area (Å²) in [5.41, 5.74) is 1.48. The molecule has 0 spiro atoms. The molecule has 1 aliphatic heterocycles. The SMILES string of the molecule is CNCc1cnc(N2CCCC(C)(C)C2)c(Cl)c1. The van der Waals surface area contributed by atoms with E-state index in [1.807, 2.05) is 19.3 Å². The van der Waals surface area contributed by atoms with Crippen LogP contribution in [0.5, 0.6) is 0 Å². The van der Waals surface area contributed by atoms with Crippen LogP contribution in [0.15, 0.2) is 12.3 Å². The van der Waals surface area contributed by atoms with Gasteiger partial charge in [-0.3, -0.25) is 0 Å². The lowest BCUT2D eigenvalue weighted by atomic mass is 9.84. The molecule has 0 atom stereocenters. The van der Waals surface area contributed by atoms with Crippen LogP contribution in [0.2, 0.25) is 5.02 Å². The van der Waals surface area contributed by atoms with Crippen LogP contribution in [0, 0.1) is 5.41 Å². The number of hydrogen-bond donors (Lipinski definition) is 1. The van der Waals surface area contributed by atoms with Crippen LogP contribution in [0.1, 0.15) is 32.3 Å². The second kappa shape index (κ2) is 5.45. The number of rotatable bonds is 3. The minimum atomic E-state index is 0.354. The van der Waals surface area contributed by atoms with E-state index in [2.05, 4.69) is 29.0 Å². The fraction of sp³-hybridized carbons (Fsp3) is 0.643. The van der Waals surface area contributed by atoms with Crippen molar-refractivity contribution in [1.82, 2.24) is 10.3 Å². The van der Waals surface area contributed by atoms with E-state index in [1.54, 1.807) is 0 Å². The fourth-order valence-electron chi connectivity index (χ4n) is 2.61. The maximum absolute atomic E-state index is 6.36. The zero-order valence-corrected chi connectivity index (χ0v) is 12.2. The van der Waals surface area contributed by atoms with Crippen LogP contribution in [0.25, 0.3) is 0 Å². The first kappa shape index (κ1) is 13.6. The van der Waals surface area contributed by atoms with E-state index in [9.17, 15) is 0 Å². The lowest BCUT2D eigenvalue weighted by Gasteiger charge is -2.39. The highest BCUT2D eigenvalue weighted by Crippen LogP contribution is 2.33. The summed E-state index contributed by atoms with van der Waals surface area (Å²) in [7, 11) is 1.93. The zero-order valence-electron chi connectivity index (χ0n) is 11.5. The lowest BCUT2D eigenvalue weighted by molar-refractivity contribution is 0.292. The predicted molar refractivity (Wildman–Crippen MR) is 77.2 cm³/mol. The molecule has 1 aromatic rings. The van der Waals surface area contributed by atoms with Crippen LogP contribution in [0.4, 0.5) is 5.82 Å². The van der Waals surface area contributed by atoms with Gasteiger partial charge in [-0.2, -0.15) is 0 Å². The summed E-state index contributed by atoms with van der Waals surface area (Å²) in [6.07, 6.45) is 4.40. The first-order chi connectivity index (χ1) is 8.52. The van der Waals surface area contributed by atoms with E-state index in [0.29, 0.717) is 5.41 Å². The van der Waals surface area contributed by atoms with Gasteiger partial charge in [0.1, 0.15) is 5.82 Å². The number of pyridine rings is 1. The van der Waals surface area contributed by atoms with Crippen LogP contribution in [-0.2, 0) is 6.54 Å². The summed E-state index contributed by atoms with van der Waals surface area (Å²) >= 11 is 6.36. The fourth-order valence-corrected chi connectivity index (χ4v) is 2.92. The summed E-state index contributed by atoms with van der Waals surface area (Å²) in [4.78, 5) is 6.85. The van der Waals surface area contributed by atoms with Gasteiger partial charge in [0.05, 0.1) is 5.02 Å². The number of aromatic nitrogens is 1. The van der Waals surface area contributed by atoms with Gasteiger partial charge in [-0.25, -0.2) is 4.98 Å². The standard InChI is InChI=1S/C14H22ClN3/c1-14(2)5-4-6-18(10-14)13-12(15)7-11(8-16-3)9-17-13/h7,9,16H,4-6,8,10H2,1-3H3. The molecule has 1 fully saturated rings. The van der Waals surface area contributed by atoms with Gasteiger partial charge < -0.3 is 10.2 Å². The smallest absolute Gasteiger partial charge is 0.147 e. The Bertz CT molecular complexity index is 418. The quantitative estimate of drug-likeness (QED) is 0.912. The van der Waals surface area contributed by atoms with Crippen molar-refractivity contribution in [3.8, 4) is 0 Å². The maximum Gasteiger partial charge on any atom is 0.147 e. The molecule has 1 aliphatic rings. The van der Waals surface area contributed by atoms with Crippen molar-refractivity contribution in [3.05, 3.63) is 22.8 Å². The number of hydrogen-bond acceptors (Lipinski definition) is 3. The summed E-state index contributed by atoms with van der Waals surface area (Å²) in [6, 6.07) is 2.02. The van der Waals surface area contributed by atoms with E-state index in [4.69, 9.17) is 11.6 Å². The number of piperidine rings is 1. The minimum Gasteiger partial charge on any atom is -0.355 e. The zero-order chi connectivity index (χ0) is 13.2. The Morgan fingerprint density at radius 1 is 1.50 bits per heavy atom. The maximum atomic E-state index is 6.36. The van der Waals surface area contributed by atoms with Gasteiger partial charge in [0, 0.05) is 25.8 Å². The van der Waals surface area contributed by atoms with Crippen LogP contribution in [0.3, 0.4) is 0 Å².